The molecule has 0 bridgehead atoms. The minimum absolute atomic E-state index is 0.0592. The number of hydrogen-bond donors (Lipinski definition) is 1. The molecule has 1 amide bonds. The summed E-state index contributed by atoms with van der Waals surface area (Å²) in [4.78, 5) is 19.5. The fraction of sp³-hybridized carbons (Fsp3) is 0.318. The van der Waals surface area contributed by atoms with Gasteiger partial charge in [0.15, 0.2) is 0 Å². The number of amides is 1. The van der Waals surface area contributed by atoms with E-state index in [0.29, 0.717) is 29.8 Å². The highest BCUT2D eigenvalue weighted by molar-refractivity contribution is 14.1. The molecule has 0 spiro atoms. The van der Waals surface area contributed by atoms with E-state index < -0.39 is 0 Å². The molecule has 0 aliphatic carbocycles. The number of piperidine rings is 1. The molecule has 1 aromatic heterocycles. The predicted molar refractivity (Wildman–Crippen MR) is 125 cm³/mol. The van der Waals surface area contributed by atoms with Crippen LogP contribution in [0.2, 0.25) is 5.02 Å². The summed E-state index contributed by atoms with van der Waals surface area (Å²) < 4.78 is 6.59. The lowest BCUT2D eigenvalue weighted by Crippen LogP contribution is -2.40. The Morgan fingerprint density at radius 3 is 2.87 bits per heavy atom. The molecule has 1 aliphatic rings. The number of nitrogens with zero attached hydrogens (tertiary/aromatic N) is 3. The van der Waals surface area contributed by atoms with Gasteiger partial charge in [0.1, 0.15) is 0 Å². The minimum atomic E-state index is -0.0592. The zero-order valence-electron chi connectivity index (χ0n) is 16.6. The molecule has 1 fully saturated rings. The third-order valence-corrected chi connectivity index (χ3v) is 6.17. The summed E-state index contributed by atoms with van der Waals surface area (Å²) >= 11 is 8.21. The average Bonchev–Trinajstić information content (AvgIpc) is 3.19. The molecule has 2 heterocycles. The molecule has 1 aliphatic heterocycles. The number of carbonyl (C=O) groups excluding carboxylic acids is 1. The number of rotatable bonds is 5. The van der Waals surface area contributed by atoms with E-state index >= 15 is 0 Å². The van der Waals surface area contributed by atoms with Crippen molar-refractivity contribution in [2.24, 2.45) is 5.92 Å². The average molecular weight is 537 g/mol. The molecule has 0 saturated carbocycles. The summed E-state index contributed by atoms with van der Waals surface area (Å²) in [6.45, 7) is 4.13. The molecule has 8 heteroatoms. The number of hydrogen-bond acceptors (Lipinski definition) is 5. The number of benzene rings is 2. The van der Waals surface area contributed by atoms with Crippen LogP contribution in [0.3, 0.4) is 0 Å². The van der Waals surface area contributed by atoms with Gasteiger partial charge in [-0.1, -0.05) is 16.8 Å². The molecule has 1 atom stereocenters. The van der Waals surface area contributed by atoms with Crippen molar-refractivity contribution in [3.05, 3.63) is 62.5 Å². The van der Waals surface area contributed by atoms with Gasteiger partial charge in [0.2, 0.25) is 17.6 Å². The van der Waals surface area contributed by atoms with Crippen LogP contribution in [-0.2, 0) is 11.3 Å². The van der Waals surface area contributed by atoms with Crippen LogP contribution in [0.4, 0.5) is 5.69 Å². The van der Waals surface area contributed by atoms with Crippen molar-refractivity contribution in [2.45, 2.75) is 26.3 Å². The quantitative estimate of drug-likeness (QED) is 0.457. The molecule has 3 aromatic rings. The van der Waals surface area contributed by atoms with Crippen molar-refractivity contribution in [3.8, 4) is 11.4 Å². The maximum atomic E-state index is 12.8. The summed E-state index contributed by atoms with van der Waals surface area (Å²) in [6.07, 6.45) is 1.84. The van der Waals surface area contributed by atoms with Crippen LogP contribution < -0.4 is 5.32 Å². The van der Waals surface area contributed by atoms with E-state index in [-0.39, 0.29) is 11.8 Å². The van der Waals surface area contributed by atoms with Gasteiger partial charge >= 0.3 is 0 Å². The van der Waals surface area contributed by atoms with Crippen LogP contribution in [0.5, 0.6) is 0 Å². The lowest BCUT2D eigenvalue weighted by atomic mass is 9.97. The van der Waals surface area contributed by atoms with Crippen molar-refractivity contribution in [3.63, 3.8) is 0 Å². The first-order valence-electron chi connectivity index (χ1n) is 9.86. The highest BCUT2D eigenvalue weighted by Crippen LogP contribution is 2.24. The van der Waals surface area contributed by atoms with Crippen molar-refractivity contribution in [1.29, 1.82) is 0 Å². The molecule has 1 unspecified atom stereocenters. The predicted octanol–water partition coefficient (Wildman–Crippen LogP) is 5.15. The second-order valence-electron chi connectivity index (χ2n) is 7.54. The fourth-order valence-electron chi connectivity index (χ4n) is 3.64. The Hall–Kier alpha value is -1.97. The monoisotopic (exact) mass is 536 g/mol. The van der Waals surface area contributed by atoms with Crippen LogP contribution in [-0.4, -0.2) is 34.0 Å². The van der Waals surface area contributed by atoms with Crippen LogP contribution in [0, 0.1) is 16.4 Å². The summed E-state index contributed by atoms with van der Waals surface area (Å²) in [5, 5.41) is 7.83. The smallest absolute Gasteiger partial charge is 0.241 e. The topological polar surface area (TPSA) is 71.3 Å². The second-order valence-corrected chi connectivity index (χ2v) is 9.22. The maximum absolute atomic E-state index is 12.8. The molecular weight excluding hydrogens is 515 g/mol. The Labute approximate surface area is 194 Å². The molecule has 2 aromatic carbocycles. The van der Waals surface area contributed by atoms with Crippen LogP contribution in [0.15, 0.2) is 47.0 Å². The van der Waals surface area contributed by atoms with Crippen LogP contribution >= 0.6 is 34.2 Å². The molecular formula is C22H22ClIN4O2. The zero-order valence-corrected chi connectivity index (χ0v) is 19.5. The van der Waals surface area contributed by atoms with E-state index in [4.69, 9.17) is 16.1 Å². The van der Waals surface area contributed by atoms with Gasteiger partial charge in [0.25, 0.3) is 0 Å². The number of nitrogens with one attached hydrogen (secondary N) is 1. The lowest BCUT2D eigenvalue weighted by Gasteiger charge is -2.31. The highest BCUT2D eigenvalue weighted by Gasteiger charge is 2.27. The van der Waals surface area contributed by atoms with E-state index in [2.05, 4.69) is 49.0 Å². The molecule has 156 valence electrons. The minimum Gasteiger partial charge on any atom is -0.338 e. The van der Waals surface area contributed by atoms with Gasteiger partial charge in [-0.3, -0.25) is 9.69 Å². The Kier molecular flexibility index (Phi) is 6.70. The van der Waals surface area contributed by atoms with Gasteiger partial charge in [-0.25, -0.2) is 0 Å². The van der Waals surface area contributed by atoms with Crippen molar-refractivity contribution < 1.29 is 9.32 Å². The van der Waals surface area contributed by atoms with E-state index in [9.17, 15) is 4.79 Å². The standard InChI is InChI=1S/C22H22ClIN4O2/c1-14-11-18(24)8-9-19(14)25-22(29)16-3-2-10-28(12-16)13-20-26-21(27-30-20)15-4-6-17(23)7-5-15/h4-9,11,16H,2-3,10,12-13H2,1H3,(H,25,29). The van der Waals surface area contributed by atoms with E-state index in [1.54, 1.807) is 12.1 Å². The Morgan fingerprint density at radius 1 is 1.30 bits per heavy atom. The van der Waals surface area contributed by atoms with Gasteiger partial charge in [0, 0.05) is 26.4 Å². The van der Waals surface area contributed by atoms with Gasteiger partial charge in [-0.2, -0.15) is 4.98 Å². The Balaban J connectivity index is 1.37. The summed E-state index contributed by atoms with van der Waals surface area (Å²) in [5.74, 6) is 1.10. The molecule has 1 N–H and O–H groups in total. The van der Waals surface area contributed by atoms with Gasteiger partial charge in [0.05, 0.1) is 12.5 Å². The number of anilines is 1. The molecule has 6 nitrogen and oxygen atoms in total. The van der Waals surface area contributed by atoms with E-state index in [1.165, 1.54) is 0 Å². The van der Waals surface area contributed by atoms with Crippen LogP contribution in [0.1, 0.15) is 24.3 Å². The first kappa shape index (κ1) is 21.3. The number of aromatic nitrogens is 2. The third kappa shape index (κ3) is 5.19. The molecule has 0 radical (unpaired) electrons. The van der Waals surface area contributed by atoms with Gasteiger partial charge in [-0.15, -0.1) is 0 Å². The van der Waals surface area contributed by atoms with Crippen molar-refractivity contribution >= 4 is 45.8 Å². The Morgan fingerprint density at radius 2 is 2.10 bits per heavy atom. The van der Waals surface area contributed by atoms with Crippen LogP contribution in [0.25, 0.3) is 11.4 Å². The maximum Gasteiger partial charge on any atom is 0.241 e. The van der Waals surface area contributed by atoms with Crippen molar-refractivity contribution in [1.82, 2.24) is 15.0 Å². The highest BCUT2D eigenvalue weighted by atomic mass is 127. The summed E-state index contributed by atoms with van der Waals surface area (Å²) in [6, 6.07) is 13.4. The second kappa shape index (κ2) is 9.45. The number of carbonyl (C=O) groups is 1. The third-order valence-electron chi connectivity index (χ3n) is 5.25. The lowest BCUT2D eigenvalue weighted by molar-refractivity contribution is -0.121. The van der Waals surface area contributed by atoms with E-state index in [1.807, 2.05) is 31.2 Å². The van der Waals surface area contributed by atoms with Crippen molar-refractivity contribution in [2.75, 3.05) is 18.4 Å². The number of aryl methyl sites for hydroxylation is 1. The first-order chi connectivity index (χ1) is 14.5. The summed E-state index contributed by atoms with van der Waals surface area (Å²) in [7, 11) is 0. The molecule has 4 rings (SSSR count). The normalized spacial score (nSPS) is 17.1. The first-order valence-corrected chi connectivity index (χ1v) is 11.3. The SMILES string of the molecule is Cc1cc(I)ccc1NC(=O)C1CCCN(Cc2nc(-c3ccc(Cl)cc3)no2)C1. The number of halogens is 2. The summed E-state index contributed by atoms with van der Waals surface area (Å²) in [5.41, 5.74) is 2.81. The largest absolute Gasteiger partial charge is 0.338 e. The Bertz CT molecular complexity index is 1040. The molecule has 1 saturated heterocycles. The zero-order chi connectivity index (χ0) is 21.1. The fourth-order valence-corrected chi connectivity index (χ4v) is 4.41. The molecule has 30 heavy (non-hydrogen) atoms. The van der Waals surface area contributed by atoms with Gasteiger partial charge in [-0.05, 0) is 96.9 Å². The van der Waals surface area contributed by atoms with Gasteiger partial charge < -0.3 is 9.84 Å². The number of likely N-dealkylation sites (tertiary alicyclic amines) is 1. The van der Waals surface area contributed by atoms with E-state index in [0.717, 1.165) is 39.8 Å².